The summed E-state index contributed by atoms with van der Waals surface area (Å²) >= 11 is 6.12. The predicted molar refractivity (Wildman–Crippen MR) is 79.3 cm³/mol. The standard InChI is InChI=1S/C14H18ClN3O3/c1-21-13(20)17-5-4-14(7-17)8-18(12(16)19)11-3-2-9(15)6-10(11)14/h2-3,6,13,20H,4-5,7-8H2,1H3,(H2,16,19). The van der Waals surface area contributed by atoms with Crippen molar-refractivity contribution in [3.05, 3.63) is 28.8 Å². The number of hydrogen-bond donors (Lipinski definition) is 2. The Bertz CT molecular complexity index is 583. The van der Waals surface area contributed by atoms with Crippen LogP contribution in [0.4, 0.5) is 10.5 Å². The topological polar surface area (TPSA) is 79.0 Å². The zero-order chi connectivity index (χ0) is 15.2. The van der Waals surface area contributed by atoms with Crippen LogP contribution in [0.1, 0.15) is 12.0 Å². The van der Waals surface area contributed by atoms with Gasteiger partial charge in [-0.25, -0.2) is 4.79 Å². The molecule has 0 aromatic heterocycles. The van der Waals surface area contributed by atoms with Gasteiger partial charge in [-0.05, 0) is 30.2 Å². The van der Waals surface area contributed by atoms with Gasteiger partial charge in [-0.15, -0.1) is 0 Å². The number of likely N-dealkylation sites (tertiary alicyclic amines) is 1. The van der Waals surface area contributed by atoms with Crippen molar-refractivity contribution in [2.24, 2.45) is 5.73 Å². The Labute approximate surface area is 128 Å². The summed E-state index contributed by atoms with van der Waals surface area (Å²) in [6.07, 6.45) is -0.125. The first-order valence-corrected chi connectivity index (χ1v) is 7.16. The lowest BCUT2D eigenvalue weighted by atomic mass is 9.81. The average Bonchev–Trinajstić information content (AvgIpc) is 3.02. The second-order valence-corrected chi connectivity index (χ2v) is 6.09. The molecule has 1 spiro atoms. The Morgan fingerprint density at radius 1 is 1.52 bits per heavy atom. The first-order valence-electron chi connectivity index (χ1n) is 6.79. The molecule has 1 saturated heterocycles. The summed E-state index contributed by atoms with van der Waals surface area (Å²) in [5, 5.41) is 10.5. The van der Waals surface area contributed by atoms with Gasteiger partial charge in [-0.2, -0.15) is 0 Å². The highest BCUT2D eigenvalue weighted by Crippen LogP contribution is 2.47. The third-order valence-electron chi connectivity index (χ3n) is 4.45. The number of nitrogens with two attached hydrogens (primary N) is 1. The Morgan fingerprint density at radius 3 is 2.95 bits per heavy atom. The number of benzene rings is 1. The molecule has 0 radical (unpaired) electrons. The van der Waals surface area contributed by atoms with Crippen molar-refractivity contribution in [2.75, 3.05) is 31.6 Å². The maximum absolute atomic E-state index is 11.7. The van der Waals surface area contributed by atoms with Crippen LogP contribution in [0.5, 0.6) is 0 Å². The van der Waals surface area contributed by atoms with E-state index in [2.05, 4.69) is 0 Å². The summed E-state index contributed by atoms with van der Waals surface area (Å²) in [6, 6.07) is 5.00. The molecule has 1 fully saturated rings. The molecule has 2 unspecified atom stereocenters. The monoisotopic (exact) mass is 311 g/mol. The fourth-order valence-electron chi connectivity index (χ4n) is 3.43. The summed E-state index contributed by atoms with van der Waals surface area (Å²) in [5.41, 5.74) is 7.05. The molecular formula is C14H18ClN3O3. The number of anilines is 1. The van der Waals surface area contributed by atoms with Gasteiger partial charge in [-0.3, -0.25) is 9.80 Å². The van der Waals surface area contributed by atoms with E-state index in [1.54, 1.807) is 11.0 Å². The van der Waals surface area contributed by atoms with Crippen LogP contribution in [0.2, 0.25) is 5.02 Å². The number of hydrogen-bond acceptors (Lipinski definition) is 4. The Balaban J connectivity index is 1.99. The van der Waals surface area contributed by atoms with Crippen LogP contribution in [0.25, 0.3) is 0 Å². The smallest absolute Gasteiger partial charge is 0.319 e. The fourth-order valence-corrected chi connectivity index (χ4v) is 3.60. The summed E-state index contributed by atoms with van der Waals surface area (Å²) in [7, 11) is 1.46. The van der Waals surface area contributed by atoms with Crippen LogP contribution in [0, 0.1) is 0 Å². The molecular weight excluding hydrogens is 294 g/mol. The lowest BCUT2D eigenvalue weighted by Gasteiger charge is -2.27. The lowest BCUT2D eigenvalue weighted by Crippen LogP contribution is -2.43. The molecule has 0 aliphatic carbocycles. The van der Waals surface area contributed by atoms with E-state index in [9.17, 15) is 9.90 Å². The number of urea groups is 1. The van der Waals surface area contributed by atoms with Crippen LogP contribution in [-0.4, -0.2) is 49.2 Å². The van der Waals surface area contributed by atoms with Gasteiger partial charge >= 0.3 is 6.03 Å². The number of methoxy groups -OCH3 is 1. The minimum Gasteiger partial charge on any atom is -0.356 e. The maximum atomic E-state index is 11.7. The number of aliphatic hydroxyl groups is 1. The van der Waals surface area contributed by atoms with Gasteiger partial charge < -0.3 is 15.6 Å². The van der Waals surface area contributed by atoms with Crippen molar-refractivity contribution < 1.29 is 14.6 Å². The minimum absolute atomic E-state index is 0.255. The largest absolute Gasteiger partial charge is 0.356 e. The average molecular weight is 312 g/mol. The van der Waals surface area contributed by atoms with Crippen LogP contribution >= 0.6 is 11.6 Å². The SMILES string of the molecule is COC(O)N1CCC2(CN(C(N)=O)c3ccc(Cl)cc32)C1. The first-order chi connectivity index (χ1) is 9.97. The fraction of sp³-hybridized carbons (Fsp3) is 0.500. The van der Waals surface area contributed by atoms with Gasteiger partial charge in [0.2, 0.25) is 6.41 Å². The van der Waals surface area contributed by atoms with E-state index in [0.717, 1.165) is 17.7 Å². The molecule has 2 aliphatic heterocycles. The molecule has 3 rings (SSSR count). The molecule has 3 N–H and O–H groups in total. The normalized spacial score (nSPS) is 26.3. The van der Waals surface area contributed by atoms with Gasteiger partial charge in [0.1, 0.15) is 0 Å². The minimum atomic E-state index is -0.936. The van der Waals surface area contributed by atoms with E-state index in [0.29, 0.717) is 24.7 Å². The quantitative estimate of drug-likeness (QED) is 0.802. The summed E-state index contributed by atoms with van der Waals surface area (Å²) in [5.74, 6) is 0. The Hall–Kier alpha value is -1.34. The second-order valence-electron chi connectivity index (χ2n) is 5.65. The predicted octanol–water partition coefficient (Wildman–Crippen LogP) is 1.10. The van der Waals surface area contributed by atoms with Gasteiger partial charge in [0.05, 0.1) is 0 Å². The maximum Gasteiger partial charge on any atom is 0.319 e. The highest BCUT2D eigenvalue weighted by Gasteiger charge is 2.49. The van der Waals surface area contributed by atoms with Crippen molar-refractivity contribution >= 4 is 23.3 Å². The van der Waals surface area contributed by atoms with E-state index < -0.39 is 12.4 Å². The molecule has 2 amide bonds. The highest BCUT2D eigenvalue weighted by molar-refractivity contribution is 6.30. The van der Waals surface area contributed by atoms with Crippen molar-refractivity contribution in [2.45, 2.75) is 18.2 Å². The second kappa shape index (κ2) is 5.14. The highest BCUT2D eigenvalue weighted by atomic mass is 35.5. The number of amides is 2. The third-order valence-corrected chi connectivity index (χ3v) is 4.69. The Kier molecular flexibility index (Phi) is 3.57. The number of fused-ring (bicyclic) bond motifs is 2. The van der Waals surface area contributed by atoms with Crippen LogP contribution in [-0.2, 0) is 10.2 Å². The zero-order valence-electron chi connectivity index (χ0n) is 11.8. The molecule has 6 nitrogen and oxygen atoms in total. The summed E-state index contributed by atoms with van der Waals surface area (Å²) < 4.78 is 4.97. The molecule has 2 heterocycles. The number of halogens is 1. The molecule has 1 aromatic carbocycles. The van der Waals surface area contributed by atoms with Gasteiger partial charge in [-0.1, -0.05) is 11.6 Å². The van der Waals surface area contributed by atoms with E-state index in [1.807, 2.05) is 17.0 Å². The number of aliphatic hydroxyl groups excluding tert-OH is 1. The number of carbonyl (C=O) groups excluding carboxylic acids is 1. The third kappa shape index (κ3) is 2.28. The summed E-state index contributed by atoms with van der Waals surface area (Å²) in [6.45, 7) is 1.79. The molecule has 21 heavy (non-hydrogen) atoms. The summed E-state index contributed by atoms with van der Waals surface area (Å²) in [4.78, 5) is 15.1. The van der Waals surface area contributed by atoms with Gasteiger partial charge in [0.15, 0.2) is 0 Å². The van der Waals surface area contributed by atoms with E-state index in [1.165, 1.54) is 7.11 Å². The van der Waals surface area contributed by atoms with Crippen molar-refractivity contribution in [3.8, 4) is 0 Å². The number of rotatable bonds is 2. The Morgan fingerprint density at radius 2 is 2.29 bits per heavy atom. The van der Waals surface area contributed by atoms with Gasteiger partial charge in [0, 0.05) is 42.9 Å². The number of primary amides is 1. The number of carbonyl (C=O) groups is 1. The van der Waals surface area contributed by atoms with Crippen LogP contribution < -0.4 is 10.6 Å². The van der Waals surface area contributed by atoms with Crippen LogP contribution in [0.3, 0.4) is 0 Å². The first kappa shape index (κ1) is 14.6. The molecule has 1 aromatic rings. The number of nitrogens with zero attached hydrogens (tertiary/aromatic N) is 2. The van der Waals surface area contributed by atoms with E-state index >= 15 is 0 Å². The van der Waals surface area contributed by atoms with Gasteiger partial charge in [0.25, 0.3) is 0 Å². The molecule has 0 bridgehead atoms. The van der Waals surface area contributed by atoms with E-state index in [4.69, 9.17) is 22.1 Å². The van der Waals surface area contributed by atoms with E-state index in [-0.39, 0.29) is 5.41 Å². The lowest BCUT2D eigenvalue weighted by molar-refractivity contribution is -0.170. The molecule has 0 saturated carbocycles. The van der Waals surface area contributed by atoms with Crippen LogP contribution in [0.15, 0.2) is 18.2 Å². The molecule has 7 heteroatoms. The molecule has 2 atom stereocenters. The van der Waals surface area contributed by atoms with Crippen molar-refractivity contribution in [3.63, 3.8) is 0 Å². The molecule has 114 valence electrons. The zero-order valence-corrected chi connectivity index (χ0v) is 12.5. The molecule has 2 aliphatic rings. The van der Waals surface area contributed by atoms with Crippen molar-refractivity contribution in [1.82, 2.24) is 4.90 Å². The number of ether oxygens (including phenoxy) is 1. The van der Waals surface area contributed by atoms with Crippen molar-refractivity contribution in [1.29, 1.82) is 0 Å².